The molecule has 0 unspecified atom stereocenters. The van der Waals surface area contributed by atoms with Crippen LogP contribution in [-0.2, 0) is 6.61 Å². The van der Waals surface area contributed by atoms with Gasteiger partial charge < -0.3 is 5.11 Å². The van der Waals surface area contributed by atoms with Gasteiger partial charge in [-0.25, -0.2) is 4.63 Å². The Labute approximate surface area is 76.3 Å². The van der Waals surface area contributed by atoms with E-state index in [1.54, 1.807) is 0 Å². The molecule has 0 radical (unpaired) electrons. The molecular weight excluding hydrogens is 192 g/mol. The molecule has 0 bridgehead atoms. The van der Waals surface area contributed by atoms with Crippen LogP contribution in [0, 0.1) is 4.91 Å². The first-order chi connectivity index (χ1) is 6.85. The highest BCUT2D eigenvalue weighted by Gasteiger charge is 2.14. The Bertz CT molecular complexity index is 448. The molecule has 0 aliphatic carbocycles. The second-order valence-electron chi connectivity index (χ2n) is 2.32. The monoisotopic (exact) mass is 196 g/mol. The van der Waals surface area contributed by atoms with Crippen LogP contribution in [0.1, 0.15) is 5.69 Å². The Morgan fingerprint density at radius 3 is 3.07 bits per heavy atom. The van der Waals surface area contributed by atoms with Crippen LogP contribution in [0.15, 0.2) is 16.0 Å². The summed E-state index contributed by atoms with van der Waals surface area (Å²) < 4.78 is 5.43. The number of nitrogens with zero attached hydrogens (tertiary/aromatic N) is 6. The van der Waals surface area contributed by atoms with Crippen LogP contribution in [0.2, 0.25) is 0 Å². The number of hydrogen-bond acceptors (Lipinski definition) is 8. The van der Waals surface area contributed by atoms with Gasteiger partial charge in [-0.05, 0) is 15.5 Å². The van der Waals surface area contributed by atoms with Crippen LogP contribution in [0.3, 0.4) is 0 Å². The van der Waals surface area contributed by atoms with E-state index < -0.39 is 0 Å². The van der Waals surface area contributed by atoms with Crippen molar-refractivity contribution in [3.05, 3.63) is 16.8 Å². The lowest BCUT2D eigenvalue weighted by molar-refractivity contribution is 0.276. The smallest absolute Gasteiger partial charge is 0.285 e. The van der Waals surface area contributed by atoms with Crippen molar-refractivity contribution in [2.24, 2.45) is 5.18 Å². The van der Waals surface area contributed by atoms with Crippen LogP contribution < -0.4 is 0 Å². The van der Waals surface area contributed by atoms with Crippen molar-refractivity contribution in [2.75, 3.05) is 0 Å². The molecule has 9 heteroatoms. The SMILES string of the molecule is O=Nc1nonc1-n1cc(CO)nn1. The molecular formula is C5H4N6O3. The summed E-state index contributed by atoms with van der Waals surface area (Å²) in [5, 5.41) is 25.1. The molecule has 0 spiro atoms. The van der Waals surface area contributed by atoms with Gasteiger partial charge in [0.05, 0.1) is 12.8 Å². The lowest BCUT2D eigenvalue weighted by atomic mass is 10.5. The van der Waals surface area contributed by atoms with E-state index in [4.69, 9.17) is 5.11 Å². The second-order valence-corrected chi connectivity index (χ2v) is 2.32. The highest BCUT2D eigenvalue weighted by atomic mass is 16.6. The minimum atomic E-state index is -0.255. The van der Waals surface area contributed by atoms with Crippen LogP contribution in [0.4, 0.5) is 5.82 Å². The van der Waals surface area contributed by atoms with E-state index in [9.17, 15) is 4.91 Å². The Kier molecular flexibility index (Phi) is 1.99. The number of hydrogen-bond donors (Lipinski definition) is 1. The first kappa shape index (κ1) is 8.44. The van der Waals surface area contributed by atoms with E-state index in [1.165, 1.54) is 6.20 Å². The minimum Gasteiger partial charge on any atom is -0.390 e. The summed E-state index contributed by atoms with van der Waals surface area (Å²) in [6.07, 6.45) is 1.38. The fourth-order valence-electron chi connectivity index (χ4n) is 0.856. The first-order valence-electron chi connectivity index (χ1n) is 3.53. The van der Waals surface area contributed by atoms with Crippen molar-refractivity contribution in [3.63, 3.8) is 0 Å². The van der Waals surface area contributed by atoms with Gasteiger partial charge in [0.25, 0.3) is 5.82 Å². The van der Waals surface area contributed by atoms with Gasteiger partial charge in [0.15, 0.2) is 0 Å². The zero-order valence-electron chi connectivity index (χ0n) is 6.73. The zero-order chi connectivity index (χ0) is 9.97. The molecule has 0 atom stereocenters. The van der Waals surface area contributed by atoms with Gasteiger partial charge in [-0.2, -0.15) is 4.68 Å². The predicted molar refractivity (Wildman–Crippen MR) is 40.6 cm³/mol. The normalized spacial score (nSPS) is 10.4. The van der Waals surface area contributed by atoms with Gasteiger partial charge in [-0.1, -0.05) is 5.21 Å². The maximum Gasteiger partial charge on any atom is 0.285 e. The molecule has 0 aliphatic rings. The van der Waals surface area contributed by atoms with Crippen molar-refractivity contribution >= 4 is 5.82 Å². The number of rotatable bonds is 3. The molecule has 72 valence electrons. The maximum atomic E-state index is 10.2. The van der Waals surface area contributed by atoms with Crippen LogP contribution in [0.25, 0.3) is 5.82 Å². The first-order valence-corrected chi connectivity index (χ1v) is 3.53. The van der Waals surface area contributed by atoms with Crippen molar-refractivity contribution in [3.8, 4) is 5.82 Å². The Morgan fingerprint density at radius 1 is 1.57 bits per heavy atom. The second kappa shape index (κ2) is 3.30. The molecule has 0 aromatic carbocycles. The molecule has 0 amide bonds. The molecule has 14 heavy (non-hydrogen) atoms. The third kappa shape index (κ3) is 1.25. The molecule has 9 nitrogen and oxygen atoms in total. The predicted octanol–water partition coefficient (Wildman–Crippen LogP) is -0.460. The van der Waals surface area contributed by atoms with E-state index in [0.717, 1.165) is 4.68 Å². The van der Waals surface area contributed by atoms with Crippen molar-refractivity contribution in [1.29, 1.82) is 0 Å². The zero-order valence-corrected chi connectivity index (χ0v) is 6.73. The minimum absolute atomic E-state index is 0.0344. The molecule has 2 aromatic heterocycles. The highest BCUT2D eigenvalue weighted by Crippen LogP contribution is 2.16. The van der Waals surface area contributed by atoms with Gasteiger partial charge in [-0.3, -0.25) is 0 Å². The number of aliphatic hydroxyl groups excluding tert-OH is 1. The van der Waals surface area contributed by atoms with Gasteiger partial charge >= 0.3 is 0 Å². The summed E-state index contributed by atoms with van der Waals surface area (Å²) in [6, 6.07) is 0. The van der Waals surface area contributed by atoms with Crippen LogP contribution in [-0.4, -0.2) is 30.4 Å². The van der Waals surface area contributed by atoms with Crippen LogP contribution in [0.5, 0.6) is 0 Å². The van der Waals surface area contributed by atoms with Crippen LogP contribution >= 0.6 is 0 Å². The average molecular weight is 196 g/mol. The summed E-state index contributed by atoms with van der Waals surface area (Å²) in [4.78, 5) is 10.2. The summed E-state index contributed by atoms with van der Waals surface area (Å²) in [5.41, 5.74) is 0.338. The molecule has 0 aliphatic heterocycles. The van der Waals surface area contributed by atoms with Crippen molar-refractivity contribution in [1.82, 2.24) is 25.3 Å². The van der Waals surface area contributed by atoms with E-state index in [2.05, 4.69) is 30.4 Å². The number of aliphatic hydroxyl groups is 1. The number of nitroso groups, excluding NO2 is 1. The maximum absolute atomic E-state index is 10.2. The van der Waals surface area contributed by atoms with E-state index in [0.29, 0.717) is 5.69 Å². The number of aromatic nitrogens is 5. The molecule has 0 saturated heterocycles. The molecule has 0 fully saturated rings. The van der Waals surface area contributed by atoms with Crippen molar-refractivity contribution < 1.29 is 9.74 Å². The lowest BCUT2D eigenvalue weighted by Gasteiger charge is -1.88. The topological polar surface area (TPSA) is 119 Å². The van der Waals surface area contributed by atoms with E-state index in [-0.39, 0.29) is 18.2 Å². The Balaban J connectivity index is 2.43. The van der Waals surface area contributed by atoms with E-state index in [1.807, 2.05) is 0 Å². The third-order valence-electron chi connectivity index (χ3n) is 1.46. The molecule has 2 heterocycles. The summed E-state index contributed by atoms with van der Waals surface area (Å²) in [6.45, 7) is -0.255. The highest BCUT2D eigenvalue weighted by molar-refractivity contribution is 5.42. The fourth-order valence-corrected chi connectivity index (χ4v) is 0.856. The molecule has 2 aromatic rings. The van der Waals surface area contributed by atoms with Gasteiger partial charge in [0.2, 0.25) is 5.82 Å². The summed E-state index contributed by atoms with van der Waals surface area (Å²) >= 11 is 0. The average Bonchev–Trinajstić information content (AvgIpc) is 2.85. The molecule has 2 rings (SSSR count). The summed E-state index contributed by atoms with van der Waals surface area (Å²) in [7, 11) is 0. The Morgan fingerprint density at radius 2 is 2.43 bits per heavy atom. The van der Waals surface area contributed by atoms with Gasteiger partial charge in [-0.15, -0.1) is 10.0 Å². The standard InChI is InChI=1S/C5H4N6O3/c12-2-3-1-11(10-6-3)5-4(7-13)8-14-9-5/h1,12H,2H2. The molecule has 0 saturated carbocycles. The lowest BCUT2D eigenvalue weighted by Crippen LogP contribution is -1.95. The largest absolute Gasteiger partial charge is 0.390 e. The van der Waals surface area contributed by atoms with E-state index >= 15 is 0 Å². The van der Waals surface area contributed by atoms with Gasteiger partial charge in [0, 0.05) is 0 Å². The third-order valence-corrected chi connectivity index (χ3v) is 1.46. The fraction of sp³-hybridized carbons (Fsp3) is 0.200. The molecule has 1 N–H and O–H groups in total. The van der Waals surface area contributed by atoms with Gasteiger partial charge in [0.1, 0.15) is 5.69 Å². The Hall–Kier alpha value is -2.16. The summed E-state index contributed by atoms with van der Waals surface area (Å²) in [5.74, 6) is -0.188. The van der Waals surface area contributed by atoms with Crippen molar-refractivity contribution in [2.45, 2.75) is 6.61 Å². The quantitative estimate of drug-likeness (QED) is 0.659.